The fourth-order valence-electron chi connectivity index (χ4n) is 3.82. The summed E-state index contributed by atoms with van der Waals surface area (Å²) in [4.78, 5) is 28.6. The van der Waals surface area contributed by atoms with E-state index in [1.807, 2.05) is 39.0 Å². The van der Waals surface area contributed by atoms with Crippen LogP contribution < -0.4 is 10.2 Å². The summed E-state index contributed by atoms with van der Waals surface area (Å²) in [7, 11) is 0. The molecule has 2 aliphatic rings. The lowest BCUT2D eigenvalue weighted by Gasteiger charge is -2.27. The van der Waals surface area contributed by atoms with Gasteiger partial charge in [-0.2, -0.15) is 0 Å². The van der Waals surface area contributed by atoms with Gasteiger partial charge in [0.05, 0.1) is 0 Å². The van der Waals surface area contributed by atoms with E-state index in [4.69, 9.17) is 4.74 Å². The number of nitrogens with zero attached hydrogens (tertiary/aromatic N) is 2. The zero-order chi connectivity index (χ0) is 19.2. The van der Waals surface area contributed by atoms with Crippen LogP contribution >= 0.6 is 0 Å². The van der Waals surface area contributed by atoms with E-state index in [1.165, 1.54) is 0 Å². The van der Waals surface area contributed by atoms with Crippen LogP contribution in [-0.4, -0.2) is 48.7 Å². The van der Waals surface area contributed by atoms with Gasteiger partial charge in [0.1, 0.15) is 5.60 Å². The Labute approximate surface area is 159 Å². The van der Waals surface area contributed by atoms with Gasteiger partial charge >= 0.3 is 6.09 Å². The highest BCUT2D eigenvalue weighted by Crippen LogP contribution is 2.38. The fraction of sp³-hybridized carbons (Fsp3) is 0.429. The molecule has 2 amide bonds. The Morgan fingerprint density at radius 1 is 1.07 bits per heavy atom. The maximum atomic E-state index is 12.4. The van der Waals surface area contributed by atoms with Crippen molar-refractivity contribution in [2.75, 3.05) is 36.4 Å². The van der Waals surface area contributed by atoms with Crippen LogP contribution in [0.2, 0.25) is 0 Å². The number of anilines is 2. The highest BCUT2D eigenvalue weighted by Gasteiger charge is 2.27. The third kappa shape index (κ3) is 3.31. The summed E-state index contributed by atoms with van der Waals surface area (Å²) < 4.78 is 5.52. The standard InChI is InChI=1S/C21H25N3O3/c1-21(2,3)27-20(26)24-11-5-10-23(12-13-24)17-9-8-16-18-14(17)6-4-7-15(18)19(25)22-16/h4,6-9H,5,10-13H2,1-3H3,(H,22,25). The second kappa shape index (κ2) is 6.44. The predicted octanol–water partition coefficient (Wildman–Crippen LogP) is 3.85. The topological polar surface area (TPSA) is 61.9 Å². The Kier molecular flexibility index (Phi) is 4.21. The number of benzene rings is 2. The second-order valence-corrected chi connectivity index (χ2v) is 8.12. The Hall–Kier alpha value is -2.76. The Morgan fingerprint density at radius 3 is 2.67 bits per heavy atom. The van der Waals surface area contributed by atoms with Gasteiger partial charge < -0.3 is 19.9 Å². The minimum atomic E-state index is -0.486. The molecule has 2 aliphatic heterocycles. The van der Waals surface area contributed by atoms with E-state index in [0.717, 1.165) is 47.2 Å². The average Bonchev–Trinajstić information content (AvgIpc) is 2.80. The number of hydrogen-bond donors (Lipinski definition) is 1. The van der Waals surface area contributed by atoms with Crippen molar-refractivity contribution in [3.63, 3.8) is 0 Å². The quantitative estimate of drug-likeness (QED) is 0.832. The number of amides is 2. The maximum absolute atomic E-state index is 12.4. The minimum Gasteiger partial charge on any atom is -0.444 e. The molecule has 2 aromatic rings. The van der Waals surface area contributed by atoms with E-state index < -0.39 is 5.60 Å². The molecule has 0 atom stereocenters. The molecule has 6 heteroatoms. The molecule has 0 aromatic heterocycles. The molecule has 2 aromatic carbocycles. The highest BCUT2D eigenvalue weighted by molar-refractivity contribution is 6.25. The first-order valence-electron chi connectivity index (χ1n) is 9.43. The minimum absolute atomic E-state index is 0.0419. The molecule has 6 nitrogen and oxygen atoms in total. The summed E-state index contributed by atoms with van der Waals surface area (Å²) in [6.07, 6.45) is 0.624. The van der Waals surface area contributed by atoms with E-state index in [2.05, 4.69) is 22.3 Å². The van der Waals surface area contributed by atoms with Gasteiger partial charge in [-0.1, -0.05) is 12.1 Å². The van der Waals surface area contributed by atoms with Crippen LogP contribution in [-0.2, 0) is 4.74 Å². The van der Waals surface area contributed by atoms with Crippen molar-refractivity contribution in [3.8, 4) is 0 Å². The van der Waals surface area contributed by atoms with Crippen LogP contribution in [0.4, 0.5) is 16.2 Å². The lowest BCUT2D eigenvalue weighted by molar-refractivity contribution is 0.0263. The lowest BCUT2D eigenvalue weighted by atomic mass is 10.0. The number of carbonyl (C=O) groups is 2. The zero-order valence-electron chi connectivity index (χ0n) is 16.0. The number of hydrogen-bond acceptors (Lipinski definition) is 4. The summed E-state index contributed by atoms with van der Waals surface area (Å²) in [6, 6.07) is 9.90. The van der Waals surface area contributed by atoms with Crippen molar-refractivity contribution < 1.29 is 14.3 Å². The SMILES string of the molecule is CC(C)(C)OC(=O)N1CCCN(c2ccc3c4c(cccc24)C(=O)N3)CC1. The van der Waals surface area contributed by atoms with Gasteiger partial charge in [0.15, 0.2) is 0 Å². The van der Waals surface area contributed by atoms with Gasteiger partial charge in [-0.05, 0) is 45.4 Å². The first kappa shape index (κ1) is 17.6. The monoisotopic (exact) mass is 367 g/mol. The normalized spacial score (nSPS) is 17.1. The molecule has 1 fully saturated rings. The third-order valence-electron chi connectivity index (χ3n) is 5.00. The van der Waals surface area contributed by atoms with Crippen molar-refractivity contribution in [2.24, 2.45) is 0 Å². The third-order valence-corrected chi connectivity index (χ3v) is 5.00. The van der Waals surface area contributed by atoms with Crippen LogP contribution in [0.25, 0.3) is 10.8 Å². The molecule has 0 aliphatic carbocycles. The fourth-order valence-corrected chi connectivity index (χ4v) is 3.82. The molecule has 0 unspecified atom stereocenters. The molecule has 1 saturated heterocycles. The number of carbonyl (C=O) groups excluding carboxylic acids is 2. The highest BCUT2D eigenvalue weighted by atomic mass is 16.6. The summed E-state index contributed by atoms with van der Waals surface area (Å²) in [6.45, 7) is 8.56. The maximum Gasteiger partial charge on any atom is 0.410 e. The summed E-state index contributed by atoms with van der Waals surface area (Å²) in [5.74, 6) is -0.0419. The second-order valence-electron chi connectivity index (χ2n) is 8.12. The van der Waals surface area contributed by atoms with Crippen LogP contribution in [0.15, 0.2) is 30.3 Å². The van der Waals surface area contributed by atoms with Crippen LogP contribution in [0.1, 0.15) is 37.6 Å². The summed E-state index contributed by atoms with van der Waals surface area (Å²) in [5, 5.41) is 5.00. The van der Waals surface area contributed by atoms with Crippen molar-refractivity contribution in [1.29, 1.82) is 0 Å². The smallest absolute Gasteiger partial charge is 0.410 e. The molecule has 0 radical (unpaired) electrons. The molecule has 142 valence electrons. The zero-order valence-corrected chi connectivity index (χ0v) is 16.0. The Bertz CT molecular complexity index is 917. The first-order valence-corrected chi connectivity index (χ1v) is 9.43. The predicted molar refractivity (Wildman–Crippen MR) is 107 cm³/mol. The van der Waals surface area contributed by atoms with E-state index in [-0.39, 0.29) is 12.0 Å². The number of ether oxygens (including phenoxy) is 1. The van der Waals surface area contributed by atoms with Gasteiger partial charge in [-0.15, -0.1) is 0 Å². The van der Waals surface area contributed by atoms with E-state index in [0.29, 0.717) is 13.1 Å². The molecule has 2 heterocycles. The van der Waals surface area contributed by atoms with E-state index >= 15 is 0 Å². The van der Waals surface area contributed by atoms with Crippen LogP contribution in [0.5, 0.6) is 0 Å². The van der Waals surface area contributed by atoms with Crippen molar-refractivity contribution in [2.45, 2.75) is 32.8 Å². The molecule has 0 bridgehead atoms. The van der Waals surface area contributed by atoms with Crippen molar-refractivity contribution >= 4 is 34.1 Å². The molecular weight excluding hydrogens is 342 g/mol. The molecule has 27 heavy (non-hydrogen) atoms. The lowest BCUT2D eigenvalue weighted by Crippen LogP contribution is -2.39. The summed E-state index contributed by atoms with van der Waals surface area (Å²) >= 11 is 0. The van der Waals surface area contributed by atoms with Gasteiger partial charge in [-0.3, -0.25) is 4.79 Å². The molecule has 0 saturated carbocycles. The van der Waals surface area contributed by atoms with Gasteiger partial charge in [-0.25, -0.2) is 4.79 Å². The average molecular weight is 367 g/mol. The Balaban J connectivity index is 1.58. The van der Waals surface area contributed by atoms with E-state index in [9.17, 15) is 9.59 Å². The van der Waals surface area contributed by atoms with Gasteiger partial charge in [0, 0.05) is 53.9 Å². The summed E-state index contributed by atoms with van der Waals surface area (Å²) in [5.41, 5.74) is 2.23. The number of rotatable bonds is 1. The molecular formula is C21H25N3O3. The van der Waals surface area contributed by atoms with E-state index in [1.54, 1.807) is 4.90 Å². The van der Waals surface area contributed by atoms with Crippen molar-refractivity contribution in [1.82, 2.24) is 4.90 Å². The van der Waals surface area contributed by atoms with Crippen LogP contribution in [0, 0.1) is 0 Å². The van der Waals surface area contributed by atoms with Crippen molar-refractivity contribution in [3.05, 3.63) is 35.9 Å². The largest absolute Gasteiger partial charge is 0.444 e. The van der Waals surface area contributed by atoms with Crippen LogP contribution in [0.3, 0.4) is 0 Å². The first-order chi connectivity index (χ1) is 12.8. The van der Waals surface area contributed by atoms with Gasteiger partial charge in [0.25, 0.3) is 5.91 Å². The number of nitrogens with one attached hydrogen (secondary N) is 1. The molecule has 0 spiro atoms. The Morgan fingerprint density at radius 2 is 1.89 bits per heavy atom. The molecule has 1 N–H and O–H groups in total. The molecule has 4 rings (SSSR count). The van der Waals surface area contributed by atoms with Gasteiger partial charge in [0.2, 0.25) is 0 Å².